The lowest BCUT2D eigenvalue weighted by molar-refractivity contribution is -0.137. The summed E-state index contributed by atoms with van der Waals surface area (Å²) < 4.78 is 10.9. The predicted molar refractivity (Wildman–Crippen MR) is 108 cm³/mol. The van der Waals surface area contributed by atoms with E-state index in [1.54, 1.807) is 7.11 Å². The number of rotatable bonds is 5. The molecule has 1 amide bonds. The van der Waals surface area contributed by atoms with Crippen LogP contribution in [0.15, 0.2) is 12.1 Å². The molecular weight excluding hydrogens is 372 g/mol. The summed E-state index contributed by atoms with van der Waals surface area (Å²) in [6.07, 6.45) is 2.59. The number of fused-ring (bicyclic) bond motifs is 4. The van der Waals surface area contributed by atoms with Gasteiger partial charge in [-0.05, 0) is 75.8 Å². The molecule has 1 heterocycles. The van der Waals surface area contributed by atoms with Gasteiger partial charge in [0.1, 0.15) is 5.60 Å². The molecule has 7 heteroatoms. The highest BCUT2D eigenvalue weighted by molar-refractivity contribution is 5.70. The topological polar surface area (TPSA) is 97.8 Å². The van der Waals surface area contributed by atoms with Crippen LogP contribution in [0.5, 0.6) is 5.88 Å². The molecule has 0 spiro atoms. The van der Waals surface area contributed by atoms with Gasteiger partial charge in [-0.25, -0.2) is 9.78 Å². The van der Waals surface area contributed by atoms with Crippen molar-refractivity contribution in [2.24, 2.45) is 17.8 Å². The van der Waals surface area contributed by atoms with Gasteiger partial charge in [0.2, 0.25) is 5.88 Å². The number of carboxylic acid groups (broad SMARTS) is 1. The van der Waals surface area contributed by atoms with Crippen molar-refractivity contribution in [2.75, 3.05) is 7.11 Å². The van der Waals surface area contributed by atoms with E-state index < -0.39 is 23.2 Å². The Labute approximate surface area is 172 Å². The van der Waals surface area contributed by atoms with E-state index in [9.17, 15) is 14.7 Å². The quantitative estimate of drug-likeness (QED) is 0.773. The molecule has 0 radical (unpaired) electrons. The zero-order chi connectivity index (χ0) is 21.4. The first-order chi connectivity index (χ1) is 13.5. The zero-order valence-corrected chi connectivity index (χ0v) is 17.9. The van der Waals surface area contributed by atoms with E-state index in [1.807, 2.05) is 32.9 Å². The van der Waals surface area contributed by atoms with Crippen molar-refractivity contribution in [1.82, 2.24) is 10.3 Å². The molecule has 1 saturated carbocycles. The number of alkyl carbamates (subject to hydrolysis) is 1. The molecule has 29 heavy (non-hydrogen) atoms. The van der Waals surface area contributed by atoms with Gasteiger partial charge in [0.05, 0.1) is 18.3 Å². The first-order valence-electron chi connectivity index (χ1n) is 10.3. The smallest absolute Gasteiger partial charge is 0.408 e. The maximum atomic E-state index is 12.9. The van der Waals surface area contributed by atoms with Gasteiger partial charge < -0.3 is 19.9 Å². The Kier molecular flexibility index (Phi) is 5.79. The number of carboxylic acids is 1. The van der Waals surface area contributed by atoms with Crippen molar-refractivity contribution >= 4 is 12.1 Å². The number of hydrogen-bond acceptors (Lipinski definition) is 5. The molecule has 1 fully saturated rings. The van der Waals surface area contributed by atoms with Crippen LogP contribution in [0.2, 0.25) is 0 Å². The molecule has 2 unspecified atom stereocenters. The summed E-state index contributed by atoms with van der Waals surface area (Å²) >= 11 is 0. The summed E-state index contributed by atoms with van der Waals surface area (Å²) in [6.45, 7) is 7.69. The number of aliphatic carboxylic acids is 1. The normalized spacial score (nSPS) is 28.2. The summed E-state index contributed by atoms with van der Waals surface area (Å²) in [7, 11) is 1.59. The Bertz CT molecular complexity index is 788. The molecule has 0 aromatic carbocycles. The van der Waals surface area contributed by atoms with Crippen molar-refractivity contribution < 1.29 is 24.2 Å². The molecular formula is C22H32N2O5. The minimum absolute atomic E-state index is 0.0185. The lowest BCUT2D eigenvalue weighted by Crippen LogP contribution is -2.60. The maximum absolute atomic E-state index is 12.9. The maximum Gasteiger partial charge on any atom is 0.408 e. The van der Waals surface area contributed by atoms with Crippen LogP contribution in [-0.4, -0.2) is 34.9 Å². The third-order valence-corrected chi connectivity index (χ3v) is 6.06. The summed E-state index contributed by atoms with van der Waals surface area (Å²) in [6, 6.07) is 3.78. The molecule has 2 bridgehead atoms. The van der Waals surface area contributed by atoms with Crippen molar-refractivity contribution in [1.29, 1.82) is 0 Å². The molecule has 160 valence electrons. The van der Waals surface area contributed by atoms with Crippen LogP contribution in [0.4, 0.5) is 4.79 Å². The van der Waals surface area contributed by atoms with E-state index >= 15 is 0 Å². The third kappa shape index (κ3) is 4.49. The fourth-order valence-corrected chi connectivity index (χ4v) is 5.27. The Morgan fingerprint density at radius 1 is 1.34 bits per heavy atom. The van der Waals surface area contributed by atoms with Crippen molar-refractivity contribution in [2.45, 2.75) is 70.9 Å². The summed E-state index contributed by atoms with van der Waals surface area (Å²) in [4.78, 5) is 28.8. The van der Waals surface area contributed by atoms with E-state index in [1.165, 1.54) is 0 Å². The highest BCUT2D eigenvalue weighted by atomic mass is 16.6. The molecule has 7 nitrogen and oxygen atoms in total. The van der Waals surface area contributed by atoms with Crippen molar-refractivity contribution in [3.8, 4) is 5.88 Å². The van der Waals surface area contributed by atoms with Crippen molar-refractivity contribution in [3.05, 3.63) is 23.4 Å². The molecule has 3 rings (SSSR count). The minimum atomic E-state index is -0.817. The Balaban J connectivity index is 2.06. The molecule has 2 aliphatic rings. The van der Waals surface area contributed by atoms with Gasteiger partial charge in [0.15, 0.2) is 0 Å². The second kappa shape index (κ2) is 7.84. The SMILES string of the molecule is COc1ccc2c(n1)CC1C[C@@H](C)C[C@@]2(NC(=O)OC(C)(C)C)C1CCC(=O)O. The molecule has 4 atom stereocenters. The fraction of sp³-hybridized carbons (Fsp3) is 0.682. The van der Waals surface area contributed by atoms with E-state index in [-0.39, 0.29) is 18.3 Å². The van der Waals surface area contributed by atoms with Gasteiger partial charge in [-0.1, -0.05) is 6.92 Å². The molecule has 2 N–H and O–H groups in total. The summed E-state index contributed by atoms with van der Waals surface area (Å²) in [5, 5.41) is 12.5. The summed E-state index contributed by atoms with van der Waals surface area (Å²) in [5.41, 5.74) is 0.575. The van der Waals surface area contributed by atoms with Gasteiger partial charge in [-0.15, -0.1) is 0 Å². The summed E-state index contributed by atoms with van der Waals surface area (Å²) in [5.74, 6) is 0.393. The van der Waals surface area contributed by atoms with E-state index in [0.29, 0.717) is 18.2 Å². The molecule has 0 saturated heterocycles. The number of nitrogens with zero attached hydrogens (tertiary/aromatic N) is 1. The van der Waals surface area contributed by atoms with Gasteiger partial charge in [-0.2, -0.15) is 0 Å². The van der Waals surface area contributed by atoms with Crippen LogP contribution in [0.25, 0.3) is 0 Å². The number of nitrogens with one attached hydrogen (secondary N) is 1. The predicted octanol–water partition coefficient (Wildman–Crippen LogP) is 3.89. The Morgan fingerprint density at radius 3 is 2.69 bits per heavy atom. The highest BCUT2D eigenvalue weighted by Gasteiger charge is 2.54. The lowest BCUT2D eigenvalue weighted by Gasteiger charge is -2.54. The standard InChI is InChI=1S/C22H32N2O5/c1-13-10-14-11-17-16(6-8-18(23-17)28-5)22(12-13,15(14)7-9-19(25)26)24-20(27)29-21(2,3)4/h6,8,13-15H,7,9-12H2,1-5H3,(H,24,27)(H,25,26)/t13-,14?,15?,22-/m1/s1. The fourth-order valence-electron chi connectivity index (χ4n) is 5.27. The molecule has 2 aliphatic carbocycles. The van der Waals surface area contributed by atoms with Gasteiger partial charge in [-0.3, -0.25) is 4.79 Å². The van der Waals surface area contributed by atoms with Crippen LogP contribution in [0, 0.1) is 17.8 Å². The first kappa shape index (κ1) is 21.4. The Morgan fingerprint density at radius 2 is 2.07 bits per heavy atom. The number of ether oxygens (including phenoxy) is 2. The highest BCUT2D eigenvalue weighted by Crippen LogP contribution is 2.54. The van der Waals surface area contributed by atoms with Crippen LogP contribution in [-0.2, 0) is 21.5 Å². The number of methoxy groups -OCH3 is 1. The second-order valence-corrected chi connectivity index (χ2v) is 9.49. The molecule has 1 aromatic heterocycles. The minimum Gasteiger partial charge on any atom is -0.481 e. The third-order valence-electron chi connectivity index (χ3n) is 6.06. The van der Waals surface area contributed by atoms with Crippen LogP contribution in [0.3, 0.4) is 0 Å². The largest absolute Gasteiger partial charge is 0.481 e. The zero-order valence-electron chi connectivity index (χ0n) is 17.9. The number of carbonyl (C=O) groups excluding carboxylic acids is 1. The van der Waals surface area contributed by atoms with E-state index in [4.69, 9.17) is 9.47 Å². The monoisotopic (exact) mass is 404 g/mol. The van der Waals surface area contributed by atoms with Gasteiger partial charge in [0.25, 0.3) is 0 Å². The van der Waals surface area contributed by atoms with E-state index in [0.717, 1.165) is 30.5 Å². The van der Waals surface area contributed by atoms with Crippen LogP contribution < -0.4 is 10.1 Å². The van der Waals surface area contributed by atoms with E-state index in [2.05, 4.69) is 17.2 Å². The van der Waals surface area contributed by atoms with Crippen LogP contribution in [0.1, 0.15) is 64.6 Å². The Hall–Kier alpha value is -2.31. The van der Waals surface area contributed by atoms with Crippen molar-refractivity contribution in [3.63, 3.8) is 0 Å². The average Bonchev–Trinajstić information content (AvgIpc) is 2.57. The molecule has 1 aromatic rings. The number of carbonyl (C=O) groups is 2. The number of pyridine rings is 1. The van der Waals surface area contributed by atoms with Gasteiger partial charge >= 0.3 is 12.1 Å². The average molecular weight is 405 g/mol. The van der Waals surface area contributed by atoms with Gasteiger partial charge in [0, 0.05) is 12.5 Å². The van der Waals surface area contributed by atoms with Crippen LogP contribution >= 0.6 is 0 Å². The number of aromatic nitrogens is 1. The number of hydrogen-bond donors (Lipinski definition) is 2. The lowest BCUT2D eigenvalue weighted by atomic mass is 9.55. The number of amides is 1. The second-order valence-electron chi connectivity index (χ2n) is 9.49. The first-order valence-corrected chi connectivity index (χ1v) is 10.3. The molecule has 0 aliphatic heterocycles.